The van der Waals surface area contributed by atoms with Crippen molar-refractivity contribution < 1.29 is 14.7 Å². The molecule has 0 aliphatic carbocycles. The first-order chi connectivity index (χ1) is 7.50. The number of allylic oxidation sites excluding steroid dienone is 2. The zero-order chi connectivity index (χ0) is 11.9. The number of thioether (sulfide) groups is 1. The second-order valence-corrected chi connectivity index (χ2v) is 4.97. The van der Waals surface area contributed by atoms with Crippen molar-refractivity contribution in [3.05, 3.63) is 23.0 Å². The van der Waals surface area contributed by atoms with Crippen molar-refractivity contribution in [2.75, 3.05) is 5.75 Å². The molecule has 16 heavy (non-hydrogen) atoms. The number of nitrogens with zero attached hydrogens (tertiary/aromatic N) is 1. The van der Waals surface area contributed by atoms with Gasteiger partial charge in [-0.05, 0) is 18.6 Å². The van der Waals surface area contributed by atoms with Crippen molar-refractivity contribution >= 4 is 23.6 Å². The molecule has 0 aromatic rings. The topological polar surface area (TPSA) is 83.6 Å². The minimum atomic E-state index is -1.06. The largest absolute Gasteiger partial charge is 0.477 e. The fourth-order valence-electron chi connectivity index (χ4n) is 1.82. The predicted molar refractivity (Wildman–Crippen MR) is 60.3 cm³/mol. The Morgan fingerprint density at radius 3 is 2.88 bits per heavy atom. The summed E-state index contributed by atoms with van der Waals surface area (Å²) in [6.45, 7) is 1.70. The van der Waals surface area contributed by atoms with Crippen LogP contribution in [0.3, 0.4) is 0 Å². The number of rotatable bonds is 2. The SMILES string of the molecule is C/C(N)=C/C1=C(C(=O)O)N2C(=O)C[C@H]2SC1. The molecular weight excluding hydrogens is 228 g/mol. The molecule has 2 aliphatic rings. The molecule has 86 valence electrons. The zero-order valence-electron chi connectivity index (χ0n) is 8.77. The number of β-lactam (4-membered cyclic amide) rings is 1. The van der Waals surface area contributed by atoms with Crippen LogP contribution in [0, 0.1) is 0 Å². The highest BCUT2D eigenvalue weighted by molar-refractivity contribution is 8.00. The molecule has 1 atom stereocenters. The molecule has 0 unspecified atom stereocenters. The molecule has 2 aliphatic heterocycles. The van der Waals surface area contributed by atoms with E-state index in [1.54, 1.807) is 24.8 Å². The van der Waals surface area contributed by atoms with E-state index in [0.29, 0.717) is 23.4 Å². The minimum absolute atomic E-state index is 0.00571. The van der Waals surface area contributed by atoms with Crippen LogP contribution in [0.1, 0.15) is 13.3 Å². The van der Waals surface area contributed by atoms with Gasteiger partial charge in [0.15, 0.2) is 0 Å². The van der Waals surface area contributed by atoms with Crippen molar-refractivity contribution in [2.24, 2.45) is 5.73 Å². The van der Waals surface area contributed by atoms with Crippen LogP contribution in [0.2, 0.25) is 0 Å². The number of amides is 1. The Hall–Kier alpha value is -1.43. The molecule has 0 spiro atoms. The van der Waals surface area contributed by atoms with Crippen molar-refractivity contribution in [2.45, 2.75) is 18.7 Å². The van der Waals surface area contributed by atoms with Crippen LogP contribution in [0.25, 0.3) is 0 Å². The average molecular weight is 240 g/mol. The van der Waals surface area contributed by atoms with Gasteiger partial charge >= 0.3 is 5.97 Å². The number of nitrogens with two attached hydrogens (primary N) is 1. The molecule has 2 rings (SSSR count). The van der Waals surface area contributed by atoms with Gasteiger partial charge in [-0.3, -0.25) is 9.69 Å². The Kier molecular flexibility index (Phi) is 2.67. The Morgan fingerprint density at radius 1 is 1.69 bits per heavy atom. The van der Waals surface area contributed by atoms with Crippen LogP contribution < -0.4 is 5.73 Å². The van der Waals surface area contributed by atoms with E-state index in [4.69, 9.17) is 10.8 Å². The molecule has 0 saturated carbocycles. The van der Waals surface area contributed by atoms with Gasteiger partial charge in [0, 0.05) is 11.4 Å². The van der Waals surface area contributed by atoms with Gasteiger partial charge in [-0.25, -0.2) is 4.79 Å². The van der Waals surface area contributed by atoms with Crippen LogP contribution in [0.5, 0.6) is 0 Å². The van der Waals surface area contributed by atoms with E-state index < -0.39 is 5.97 Å². The molecule has 3 N–H and O–H groups in total. The summed E-state index contributed by atoms with van der Waals surface area (Å²) in [5, 5.41) is 9.12. The fourth-order valence-corrected chi connectivity index (χ4v) is 3.05. The van der Waals surface area contributed by atoms with Crippen molar-refractivity contribution in [1.29, 1.82) is 0 Å². The standard InChI is InChI=1S/C10H12N2O3S/c1-5(11)2-6-4-16-8-3-7(13)12(8)9(6)10(14)15/h2,8H,3-4,11H2,1H3,(H,14,15)/b5-2-/t8-/m1/s1. The van der Waals surface area contributed by atoms with E-state index >= 15 is 0 Å². The number of carbonyl (C=O) groups excluding carboxylic acids is 1. The van der Waals surface area contributed by atoms with Gasteiger partial charge in [0.2, 0.25) is 5.91 Å². The monoisotopic (exact) mass is 240 g/mol. The van der Waals surface area contributed by atoms with E-state index in [-0.39, 0.29) is 17.0 Å². The fraction of sp³-hybridized carbons (Fsp3) is 0.400. The Morgan fingerprint density at radius 2 is 2.38 bits per heavy atom. The minimum Gasteiger partial charge on any atom is -0.477 e. The summed E-state index contributed by atoms with van der Waals surface area (Å²) in [7, 11) is 0. The lowest BCUT2D eigenvalue weighted by molar-refractivity contribution is -0.146. The third-order valence-corrected chi connectivity index (χ3v) is 3.73. The summed E-state index contributed by atoms with van der Waals surface area (Å²) < 4.78 is 0. The number of aliphatic carboxylic acids is 1. The van der Waals surface area contributed by atoms with Crippen molar-refractivity contribution in [1.82, 2.24) is 4.90 Å². The van der Waals surface area contributed by atoms with Crippen molar-refractivity contribution in [3.63, 3.8) is 0 Å². The van der Waals surface area contributed by atoms with E-state index in [0.717, 1.165) is 0 Å². The van der Waals surface area contributed by atoms with E-state index in [9.17, 15) is 9.59 Å². The quantitative estimate of drug-likeness (QED) is 0.686. The number of hydrogen-bond donors (Lipinski definition) is 2. The average Bonchev–Trinajstić information content (AvgIpc) is 2.17. The Labute approximate surface area is 97.0 Å². The lowest BCUT2D eigenvalue weighted by atomic mass is 10.1. The first kappa shape index (κ1) is 11.1. The van der Waals surface area contributed by atoms with Crippen LogP contribution >= 0.6 is 11.8 Å². The maximum Gasteiger partial charge on any atom is 0.352 e. The second-order valence-electron chi connectivity index (χ2n) is 3.80. The lowest BCUT2D eigenvalue weighted by Gasteiger charge is -2.43. The highest BCUT2D eigenvalue weighted by Crippen LogP contribution is 2.40. The van der Waals surface area contributed by atoms with Gasteiger partial charge in [-0.15, -0.1) is 11.8 Å². The first-order valence-electron chi connectivity index (χ1n) is 4.84. The number of carboxylic acid groups (broad SMARTS) is 1. The van der Waals surface area contributed by atoms with Crippen LogP contribution in [0.15, 0.2) is 23.0 Å². The summed E-state index contributed by atoms with van der Waals surface area (Å²) in [6, 6.07) is 0. The predicted octanol–water partition coefficient (Wildman–Crippen LogP) is 0.493. The van der Waals surface area contributed by atoms with Crippen LogP contribution in [0.4, 0.5) is 0 Å². The lowest BCUT2D eigenvalue weighted by Crippen LogP contribution is -2.53. The molecule has 2 heterocycles. The normalized spacial score (nSPS) is 25.3. The molecule has 1 fully saturated rings. The molecule has 1 amide bonds. The van der Waals surface area contributed by atoms with Gasteiger partial charge in [-0.2, -0.15) is 0 Å². The summed E-state index contributed by atoms with van der Waals surface area (Å²) >= 11 is 1.57. The first-order valence-corrected chi connectivity index (χ1v) is 5.89. The number of carbonyl (C=O) groups is 2. The van der Waals surface area contributed by atoms with E-state index in [1.165, 1.54) is 4.90 Å². The molecule has 0 radical (unpaired) electrons. The van der Waals surface area contributed by atoms with Crippen LogP contribution in [-0.2, 0) is 9.59 Å². The molecular formula is C10H12N2O3S. The van der Waals surface area contributed by atoms with Gasteiger partial charge in [0.1, 0.15) is 5.70 Å². The third kappa shape index (κ3) is 1.69. The smallest absolute Gasteiger partial charge is 0.352 e. The molecule has 0 bridgehead atoms. The molecule has 0 aromatic heterocycles. The summed E-state index contributed by atoms with van der Waals surface area (Å²) in [4.78, 5) is 23.9. The third-order valence-electron chi connectivity index (χ3n) is 2.49. The second kappa shape index (κ2) is 3.86. The molecule has 1 saturated heterocycles. The van der Waals surface area contributed by atoms with Crippen molar-refractivity contribution in [3.8, 4) is 0 Å². The molecule has 0 aromatic carbocycles. The number of carboxylic acids is 1. The van der Waals surface area contributed by atoms with Gasteiger partial charge in [0.05, 0.1) is 11.8 Å². The Bertz CT molecular complexity index is 424. The Balaban J connectivity index is 2.43. The summed E-state index contributed by atoms with van der Waals surface area (Å²) in [5.74, 6) is -0.606. The van der Waals surface area contributed by atoms with E-state index in [1.807, 2.05) is 0 Å². The van der Waals surface area contributed by atoms with Crippen LogP contribution in [-0.4, -0.2) is 33.0 Å². The van der Waals surface area contributed by atoms with E-state index in [2.05, 4.69) is 0 Å². The summed E-state index contributed by atoms with van der Waals surface area (Å²) in [6.07, 6.45) is 2.05. The zero-order valence-corrected chi connectivity index (χ0v) is 9.58. The highest BCUT2D eigenvalue weighted by Gasteiger charge is 2.44. The number of fused-ring (bicyclic) bond motifs is 1. The van der Waals surface area contributed by atoms with Gasteiger partial charge in [0.25, 0.3) is 0 Å². The van der Waals surface area contributed by atoms with Gasteiger partial charge < -0.3 is 10.8 Å². The summed E-state index contributed by atoms with van der Waals surface area (Å²) in [5.41, 5.74) is 6.78. The highest BCUT2D eigenvalue weighted by atomic mass is 32.2. The number of hydrogen-bond acceptors (Lipinski definition) is 4. The molecule has 5 nitrogen and oxygen atoms in total. The molecule has 6 heteroatoms. The maximum atomic E-state index is 11.4. The maximum absolute atomic E-state index is 11.4. The van der Waals surface area contributed by atoms with Gasteiger partial charge in [-0.1, -0.05) is 0 Å².